The molecule has 96 valence electrons. The second kappa shape index (κ2) is 4.75. The van der Waals surface area contributed by atoms with Gasteiger partial charge in [-0.1, -0.05) is 0 Å². The molecule has 0 spiro atoms. The van der Waals surface area contributed by atoms with Gasteiger partial charge in [-0.3, -0.25) is 5.10 Å². The summed E-state index contributed by atoms with van der Waals surface area (Å²) in [6, 6.07) is 1.44. The van der Waals surface area contributed by atoms with Gasteiger partial charge in [0.05, 0.1) is 6.20 Å². The van der Waals surface area contributed by atoms with E-state index >= 15 is 0 Å². The maximum atomic E-state index is 11.8. The molecular formula is C10H17N3O3S. The highest BCUT2D eigenvalue weighted by molar-refractivity contribution is 7.89. The van der Waals surface area contributed by atoms with Crippen molar-refractivity contribution in [3.8, 4) is 0 Å². The molecule has 6 nitrogen and oxygen atoms in total. The third-order valence-electron chi connectivity index (χ3n) is 3.20. The molecule has 0 atom stereocenters. The van der Waals surface area contributed by atoms with Crippen LogP contribution in [-0.4, -0.2) is 38.9 Å². The maximum Gasteiger partial charge on any atom is 0.257 e. The maximum absolute atomic E-state index is 11.8. The Hall–Kier alpha value is -0.920. The first kappa shape index (κ1) is 12.5. The van der Waals surface area contributed by atoms with Gasteiger partial charge in [-0.2, -0.15) is 5.10 Å². The summed E-state index contributed by atoms with van der Waals surface area (Å²) in [6.45, 7) is 1.14. The minimum atomic E-state index is -3.44. The summed E-state index contributed by atoms with van der Waals surface area (Å²) < 4.78 is 31.3. The predicted octanol–water partition coefficient (Wildman–Crippen LogP) is 0.505. The summed E-state index contributed by atoms with van der Waals surface area (Å²) in [5.41, 5.74) is 0.100. The second-order valence-electron chi connectivity index (χ2n) is 4.49. The Balaban J connectivity index is 1.90. The number of sulfonamides is 1. The van der Waals surface area contributed by atoms with Gasteiger partial charge in [0.2, 0.25) is 0 Å². The number of nitrogens with one attached hydrogen (secondary N) is 2. The van der Waals surface area contributed by atoms with Gasteiger partial charge in [-0.15, -0.1) is 0 Å². The van der Waals surface area contributed by atoms with E-state index in [-0.39, 0.29) is 10.4 Å². The average molecular weight is 259 g/mol. The SMILES string of the molecule is COCCC1(CNS(=O)(=O)c2ccn[nH]2)CC1. The second-order valence-corrected chi connectivity index (χ2v) is 6.22. The molecule has 1 heterocycles. The van der Waals surface area contributed by atoms with Gasteiger partial charge in [0.15, 0.2) is 5.03 Å². The molecule has 2 rings (SSSR count). The van der Waals surface area contributed by atoms with E-state index in [9.17, 15) is 8.42 Å². The molecule has 1 fully saturated rings. The summed E-state index contributed by atoms with van der Waals surface area (Å²) in [5, 5.41) is 6.20. The average Bonchev–Trinajstić information content (AvgIpc) is 2.85. The molecule has 2 N–H and O–H groups in total. The van der Waals surface area contributed by atoms with Crippen molar-refractivity contribution in [2.45, 2.75) is 24.3 Å². The van der Waals surface area contributed by atoms with Gasteiger partial charge in [0.1, 0.15) is 0 Å². The quantitative estimate of drug-likeness (QED) is 0.747. The summed E-state index contributed by atoms with van der Waals surface area (Å²) >= 11 is 0. The predicted molar refractivity (Wildman–Crippen MR) is 61.9 cm³/mol. The highest BCUT2D eigenvalue weighted by Gasteiger charge is 2.42. The lowest BCUT2D eigenvalue weighted by Crippen LogP contribution is -2.31. The molecule has 1 saturated carbocycles. The van der Waals surface area contributed by atoms with Crippen molar-refractivity contribution in [3.05, 3.63) is 12.3 Å². The van der Waals surface area contributed by atoms with Gasteiger partial charge >= 0.3 is 0 Å². The third-order valence-corrected chi connectivity index (χ3v) is 4.53. The summed E-state index contributed by atoms with van der Waals surface area (Å²) in [6.07, 6.45) is 4.44. The number of aromatic amines is 1. The van der Waals surface area contributed by atoms with E-state index in [2.05, 4.69) is 14.9 Å². The molecule has 7 heteroatoms. The topological polar surface area (TPSA) is 84.1 Å². The number of ether oxygens (including phenoxy) is 1. The zero-order valence-electron chi connectivity index (χ0n) is 9.77. The molecule has 0 saturated heterocycles. The molecule has 1 aliphatic carbocycles. The van der Waals surface area contributed by atoms with Crippen LogP contribution in [0.4, 0.5) is 0 Å². The van der Waals surface area contributed by atoms with Crippen molar-refractivity contribution in [3.63, 3.8) is 0 Å². The number of hydrogen-bond donors (Lipinski definition) is 2. The molecule has 0 radical (unpaired) electrons. The number of H-pyrrole nitrogens is 1. The van der Waals surface area contributed by atoms with E-state index in [4.69, 9.17) is 4.74 Å². The summed E-state index contributed by atoms with van der Waals surface area (Å²) in [7, 11) is -1.79. The van der Waals surface area contributed by atoms with Gasteiger partial charge in [-0.05, 0) is 30.7 Å². The molecule has 0 aliphatic heterocycles. The van der Waals surface area contributed by atoms with Crippen LogP contribution in [0.25, 0.3) is 0 Å². The third kappa shape index (κ3) is 3.05. The highest BCUT2D eigenvalue weighted by Crippen LogP contribution is 2.48. The van der Waals surface area contributed by atoms with Crippen LogP contribution in [0.5, 0.6) is 0 Å². The lowest BCUT2D eigenvalue weighted by Gasteiger charge is -2.14. The van der Waals surface area contributed by atoms with Crippen molar-refractivity contribution >= 4 is 10.0 Å². The fourth-order valence-electron chi connectivity index (χ4n) is 1.73. The van der Waals surface area contributed by atoms with E-state index in [1.165, 1.54) is 12.3 Å². The standard InChI is InChI=1S/C10H17N3O3S/c1-16-7-5-10(3-4-10)8-12-17(14,15)9-2-6-11-13-9/h2,6,12H,3-5,7-8H2,1H3,(H,11,13). The minimum absolute atomic E-state index is 0.100. The Kier molecular flexibility index (Phi) is 3.50. The van der Waals surface area contributed by atoms with E-state index in [0.717, 1.165) is 19.3 Å². The molecule has 1 aromatic rings. The van der Waals surface area contributed by atoms with Crippen LogP contribution in [0.2, 0.25) is 0 Å². The van der Waals surface area contributed by atoms with Crippen LogP contribution in [0.15, 0.2) is 17.3 Å². The molecule has 1 aromatic heterocycles. The van der Waals surface area contributed by atoms with Gasteiger partial charge < -0.3 is 4.74 Å². The molecular weight excluding hydrogens is 242 g/mol. The normalized spacial score (nSPS) is 18.2. The van der Waals surface area contributed by atoms with E-state index < -0.39 is 10.0 Å². The van der Waals surface area contributed by atoms with Crippen LogP contribution in [0, 0.1) is 5.41 Å². The number of nitrogens with zero attached hydrogens (tertiary/aromatic N) is 1. The summed E-state index contributed by atoms with van der Waals surface area (Å²) in [4.78, 5) is 0. The van der Waals surface area contributed by atoms with Crippen LogP contribution in [0.3, 0.4) is 0 Å². The van der Waals surface area contributed by atoms with Crippen molar-refractivity contribution in [2.24, 2.45) is 5.41 Å². The first-order valence-corrected chi connectivity index (χ1v) is 7.04. The number of rotatable bonds is 7. The zero-order valence-corrected chi connectivity index (χ0v) is 10.6. The fraction of sp³-hybridized carbons (Fsp3) is 0.700. The van der Waals surface area contributed by atoms with E-state index in [1.807, 2.05) is 0 Å². The van der Waals surface area contributed by atoms with Crippen molar-refractivity contribution in [1.82, 2.24) is 14.9 Å². The Bertz CT molecular complexity index is 451. The Labute approximate surface area is 101 Å². The van der Waals surface area contributed by atoms with Gasteiger partial charge in [0.25, 0.3) is 10.0 Å². The number of methoxy groups -OCH3 is 1. The smallest absolute Gasteiger partial charge is 0.257 e. The Morgan fingerprint density at radius 2 is 2.35 bits per heavy atom. The zero-order chi connectivity index (χ0) is 12.4. The van der Waals surface area contributed by atoms with Gasteiger partial charge in [-0.25, -0.2) is 13.1 Å². The van der Waals surface area contributed by atoms with Gasteiger partial charge in [0, 0.05) is 20.3 Å². The first-order valence-electron chi connectivity index (χ1n) is 5.56. The molecule has 17 heavy (non-hydrogen) atoms. The first-order chi connectivity index (χ1) is 8.08. The van der Waals surface area contributed by atoms with E-state index in [0.29, 0.717) is 13.2 Å². The highest BCUT2D eigenvalue weighted by atomic mass is 32.2. The Morgan fingerprint density at radius 3 is 2.88 bits per heavy atom. The lowest BCUT2D eigenvalue weighted by atomic mass is 10.0. The molecule has 0 aromatic carbocycles. The van der Waals surface area contributed by atoms with Crippen LogP contribution in [-0.2, 0) is 14.8 Å². The van der Waals surface area contributed by atoms with Crippen molar-refractivity contribution in [2.75, 3.05) is 20.3 Å². The number of hydrogen-bond acceptors (Lipinski definition) is 4. The Morgan fingerprint density at radius 1 is 1.59 bits per heavy atom. The fourth-order valence-corrected chi connectivity index (χ4v) is 2.79. The molecule has 0 unspecified atom stereocenters. The van der Waals surface area contributed by atoms with Crippen LogP contribution >= 0.6 is 0 Å². The molecule has 1 aliphatic rings. The summed E-state index contributed by atoms with van der Waals surface area (Å²) in [5.74, 6) is 0. The van der Waals surface area contributed by atoms with E-state index in [1.54, 1.807) is 7.11 Å². The number of aromatic nitrogens is 2. The monoisotopic (exact) mass is 259 g/mol. The van der Waals surface area contributed by atoms with Crippen LogP contribution in [0.1, 0.15) is 19.3 Å². The van der Waals surface area contributed by atoms with Crippen molar-refractivity contribution < 1.29 is 13.2 Å². The van der Waals surface area contributed by atoms with Crippen LogP contribution < -0.4 is 4.72 Å². The van der Waals surface area contributed by atoms with Crippen molar-refractivity contribution in [1.29, 1.82) is 0 Å². The minimum Gasteiger partial charge on any atom is -0.385 e. The largest absolute Gasteiger partial charge is 0.385 e. The lowest BCUT2D eigenvalue weighted by molar-refractivity contribution is 0.173. The molecule has 0 amide bonds. The molecule has 0 bridgehead atoms.